The van der Waals surface area contributed by atoms with Gasteiger partial charge in [0.05, 0.1) is 5.75 Å². The molecule has 1 unspecified atom stereocenters. The zero-order chi connectivity index (χ0) is 17.6. The predicted octanol–water partition coefficient (Wildman–Crippen LogP) is 0.948. The first-order chi connectivity index (χ1) is 10.7. The summed E-state index contributed by atoms with van der Waals surface area (Å²) in [4.78, 5) is 42.8. The van der Waals surface area contributed by atoms with Crippen LogP contribution in [-0.4, -0.2) is 39.7 Å². The Morgan fingerprint density at radius 1 is 1.26 bits per heavy atom. The number of carbonyl (C=O) groups is 3. The molecule has 0 aromatic carbocycles. The molecule has 0 fully saturated rings. The fourth-order valence-electron chi connectivity index (χ4n) is 1.74. The second-order valence-corrected chi connectivity index (χ2v) is 6.17. The van der Waals surface area contributed by atoms with Gasteiger partial charge in [-0.1, -0.05) is 25.6 Å². The van der Waals surface area contributed by atoms with Crippen LogP contribution in [0.5, 0.6) is 0 Å². The minimum absolute atomic E-state index is 0.0457. The molecule has 0 saturated heterocycles. The van der Waals surface area contributed by atoms with Gasteiger partial charge in [0.25, 0.3) is 5.91 Å². The molecule has 1 heterocycles. The smallest absolute Gasteiger partial charge is 0.318 e. The molecule has 1 rings (SSSR count). The van der Waals surface area contributed by atoms with E-state index in [2.05, 4.69) is 9.97 Å². The molecule has 0 aliphatic carbocycles. The average Bonchev–Trinajstić information content (AvgIpc) is 2.40. The van der Waals surface area contributed by atoms with E-state index in [9.17, 15) is 14.4 Å². The number of urea groups is 1. The number of rotatable bonds is 6. The monoisotopic (exact) mass is 340 g/mol. The molecule has 9 heteroatoms. The van der Waals surface area contributed by atoms with Crippen molar-refractivity contribution in [1.82, 2.24) is 15.3 Å². The number of ether oxygens (including phenoxy) is 1. The molecule has 8 nitrogen and oxygen atoms in total. The maximum absolute atomic E-state index is 11.9. The second kappa shape index (κ2) is 8.47. The summed E-state index contributed by atoms with van der Waals surface area (Å²) < 4.78 is 5.12. The number of nitrogens with one attached hydrogen (secondary N) is 1. The number of imide groups is 1. The van der Waals surface area contributed by atoms with Crippen molar-refractivity contribution in [1.29, 1.82) is 0 Å². The van der Waals surface area contributed by atoms with Crippen molar-refractivity contribution in [3.8, 4) is 0 Å². The zero-order valence-corrected chi connectivity index (χ0v) is 14.3. The van der Waals surface area contributed by atoms with Crippen molar-refractivity contribution in [2.45, 2.75) is 39.0 Å². The first-order valence-corrected chi connectivity index (χ1v) is 7.92. The topological polar surface area (TPSA) is 124 Å². The van der Waals surface area contributed by atoms with E-state index in [1.54, 1.807) is 13.8 Å². The van der Waals surface area contributed by atoms with Gasteiger partial charge in [0.1, 0.15) is 0 Å². The SMILES string of the molecule is Cc1cc(C)nc(SCC(=O)OC(C(=O)NC(N)=O)C(C)C)n1. The number of carbonyl (C=O) groups excluding carboxylic acids is 3. The highest BCUT2D eigenvalue weighted by atomic mass is 32.2. The van der Waals surface area contributed by atoms with Crippen LogP contribution in [0.2, 0.25) is 0 Å². The van der Waals surface area contributed by atoms with Gasteiger partial charge in [0.2, 0.25) is 0 Å². The molecule has 0 saturated carbocycles. The molecule has 0 radical (unpaired) electrons. The first-order valence-electron chi connectivity index (χ1n) is 6.94. The van der Waals surface area contributed by atoms with Crippen LogP contribution in [0, 0.1) is 19.8 Å². The molecule has 0 aliphatic rings. The van der Waals surface area contributed by atoms with Gasteiger partial charge < -0.3 is 10.5 Å². The largest absolute Gasteiger partial charge is 0.451 e. The van der Waals surface area contributed by atoms with Crippen molar-refractivity contribution in [3.63, 3.8) is 0 Å². The number of thioether (sulfide) groups is 1. The second-order valence-electron chi connectivity index (χ2n) is 5.23. The Morgan fingerprint density at radius 2 is 1.83 bits per heavy atom. The lowest BCUT2D eigenvalue weighted by Crippen LogP contribution is -2.45. The van der Waals surface area contributed by atoms with Crippen molar-refractivity contribution in [2.75, 3.05) is 5.75 Å². The number of hydrogen-bond donors (Lipinski definition) is 2. The summed E-state index contributed by atoms with van der Waals surface area (Å²) in [5, 5.41) is 2.37. The molecule has 0 bridgehead atoms. The number of aryl methyl sites for hydroxylation is 2. The van der Waals surface area contributed by atoms with E-state index in [0.717, 1.165) is 23.1 Å². The zero-order valence-electron chi connectivity index (χ0n) is 13.5. The lowest BCUT2D eigenvalue weighted by molar-refractivity contribution is -0.155. The lowest BCUT2D eigenvalue weighted by atomic mass is 10.1. The lowest BCUT2D eigenvalue weighted by Gasteiger charge is -2.19. The predicted molar refractivity (Wildman–Crippen MR) is 84.7 cm³/mol. The third-order valence-corrected chi connectivity index (χ3v) is 3.47. The van der Waals surface area contributed by atoms with E-state index < -0.39 is 24.0 Å². The van der Waals surface area contributed by atoms with E-state index in [-0.39, 0.29) is 11.7 Å². The molecule has 1 aromatic rings. The molecular formula is C14H20N4O4S. The summed E-state index contributed by atoms with van der Waals surface area (Å²) in [6.07, 6.45) is -1.09. The molecule has 23 heavy (non-hydrogen) atoms. The summed E-state index contributed by atoms with van der Waals surface area (Å²) in [6.45, 7) is 7.05. The number of aromatic nitrogens is 2. The van der Waals surface area contributed by atoms with Gasteiger partial charge >= 0.3 is 12.0 Å². The van der Waals surface area contributed by atoms with Crippen LogP contribution < -0.4 is 11.1 Å². The highest BCUT2D eigenvalue weighted by molar-refractivity contribution is 7.99. The van der Waals surface area contributed by atoms with Crippen molar-refractivity contribution in [2.24, 2.45) is 11.7 Å². The van der Waals surface area contributed by atoms with Gasteiger partial charge in [-0.3, -0.25) is 14.9 Å². The van der Waals surface area contributed by atoms with Gasteiger partial charge in [-0.15, -0.1) is 0 Å². The van der Waals surface area contributed by atoms with E-state index in [1.165, 1.54) is 0 Å². The Labute approximate surface area is 138 Å². The van der Waals surface area contributed by atoms with Crippen LogP contribution in [0.3, 0.4) is 0 Å². The number of nitrogens with zero attached hydrogens (tertiary/aromatic N) is 2. The van der Waals surface area contributed by atoms with Gasteiger partial charge in [0.15, 0.2) is 11.3 Å². The number of primary amides is 1. The number of esters is 1. The van der Waals surface area contributed by atoms with E-state index in [0.29, 0.717) is 5.16 Å². The minimum Gasteiger partial charge on any atom is -0.451 e. The summed E-state index contributed by atoms with van der Waals surface area (Å²) in [5.41, 5.74) is 6.49. The molecule has 3 amide bonds. The van der Waals surface area contributed by atoms with Crippen molar-refractivity contribution < 1.29 is 19.1 Å². The highest BCUT2D eigenvalue weighted by Crippen LogP contribution is 2.16. The summed E-state index contributed by atoms with van der Waals surface area (Å²) >= 11 is 1.12. The van der Waals surface area contributed by atoms with Gasteiger partial charge in [0, 0.05) is 11.4 Å². The fourth-order valence-corrected chi connectivity index (χ4v) is 2.47. The van der Waals surface area contributed by atoms with E-state index >= 15 is 0 Å². The summed E-state index contributed by atoms with van der Waals surface area (Å²) in [6, 6.07) is 0.834. The van der Waals surface area contributed by atoms with Gasteiger partial charge in [-0.25, -0.2) is 14.8 Å². The van der Waals surface area contributed by atoms with Gasteiger partial charge in [-0.05, 0) is 25.8 Å². The van der Waals surface area contributed by atoms with E-state index in [4.69, 9.17) is 10.5 Å². The maximum atomic E-state index is 11.9. The minimum atomic E-state index is -1.09. The number of nitrogens with two attached hydrogens (primary N) is 1. The van der Waals surface area contributed by atoms with Crippen LogP contribution in [-0.2, 0) is 14.3 Å². The van der Waals surface area contributed by atoms with E-state index in [1.807, 2.05) is 25.2 Å². The Hall–Kier alpha value is -2.16. The molecule has 0 aliphatic heterocycles. The standard InChI is InChI=1S/C14H20N4O4S/c1-7(2)11(12(20)18-13(15)21)22-10(19)6-23-14-16-8(3)5-9(4)17-14/h5,7,11H,6H2,1-4H3,(H3,15,18,20,21). The molecule has 1 atom stereocenters. The Balaban J connectivity index is 2.62. The fraction of sp³-hybridized carbons (Fsp3) is 0.500. The molecule has 126 valence electrons. The Kier molecular flexibility index (Phi) is 6.95. The summed E-state index contributed by atoms with van der Waals surface area (Å²) in [7, 11) is 0. The van der Waals surface area contributed by atoms with Gasteiger partial charge in [-0.2, -0.15) is 0 Å². The summed E-state index contributed by atoms with van der Waals surface area (Å²) in [5.74, 6) is -1.69. The quantitative estimate of drug-likeness (QED) is 0.449. The maximum Gasteiger partial charge on any atom is 0.318 e. The highest BCUT2D eigenvalue weighted by Gasteiger charge is 2.27. The Bertz CT molecular complexity index is 586. The van der Waals surface area contributed by atoms with Crippen LogP contribution >= 0.6 is 11.8 Å². The first kappa shape index (κ1) is 18.9. The van der Waals surface area contributed by atoms with Crippen molar-refractivity contribution >= 4 is 29.7 Å². The molecule has 0 spiro atoms. The van der Waals surface area contributed by atoms with Crippen molar-refractivity contribution in [3.05, 3.63) is 17.5 Å². The molecular weight excluding hydrogens is 320 g/mol. The molecule has 3 N–H and O–H groups in total. The van der Waals surface area contributed by atoms with Crippen LogP contribution in [0.25, 0.3) is 0 Å². The average molecular weight is 340 g/mol. The third kappa shape index (κ3) is 6.64. The van der Waals surface area contributed by atoms with Crippen LogP contribution in [0.1, 0.15) is 25.2 Å². The molecule has 1 aromatic heterocycles. The number of amides is 3. The normalized spacial score (nSPS) is 11.9. The Morgan fingerprint density at radius 3 is 2.30 bits per heavy atom. The van der Waals surface area contributed by atoms with Crippen LogP contribution in [0.15, 0.2) is 11.2 Å². The number of hydrogen-bond acceptors (Lipinski definition) is 7. The third-order valence-electron chi connectivity index (χ3n) is 2.65. The van der Waals surface area contributed by atoms with Crippen LogP contribution in [0.4, 0.5) is 4.79 Å².